The molecule has 62 valence electrons. The van der Waals surface area contributed by atoms with Gasteiger partial charge in [-0.3, -0.25) is 0 Å². The van der Waals surface area contributed by atoms with Gasteiger partial charge in [0, 0.05) is 10.1 Å². The van der Waals surface area contributed by atoms with E-state index < -0.39 is 14.2 Å². The van der Waals surface area contributed by atoms with Crippen molar-refractivity contribution in [2.24, 2.45) is 5.92 Å². The van der Waals surface area contributed by atoms with Gasteiger partial charge in [-0.1, -0.05) is 20.4 Å². The second-order valence-corrected chi connectivity index (χ2v) is 2.95. The maximum atomic E-state index is 10.7. The zero-order valence-corrected chi connectivity index (χ0v) is 7.30. The summed E-state index contributed by atoms with van der Waals surface area (Å²) in [5, 5.41) is 0. The number of carbonyl (C=O) groups excluding carboxylic acids is 1. The van der Waals surface area contributed by atoms with Crippen LogP contribution in [0.2, 0.25) is 0 Å². The third-order valence-electron chi connectivity index (χ3n) is 1.12. The van der Waals surface area contributed by atoms with E-state index in [4.69, 9.17) is 4.89 Å². The molecule has 1 unspecified atom stereocenters. The van der Waals surface area contributed by atoms with E-state index in [-0.39, 0.29) is 11.5 Å². The van der Waals surface area contributed by atoms with E-state index >= 15 is 0 Å². The highest BCUT2D eigenvalue weighted by molar-refractivity contribution is 7.32. The molecule has 0 aromatic rings. The Morgan fingerprint density at radius 3 is 2.36 bits per heavy atom. The smallest absolute Gasteiger partial charge is 0.241 e. The molecule has 11 heavy (non-hydrogen) atoms. The van der Waals surface area contributed by atoms with Crippen molar-refractivity contribution in [2.75, 3.05) is 0 Å². The summed E-state index contributed by atoms with van der Waals surface area (Å²) in [6, 6.07) is 0. The summed E-state index contributed by atoms with van der Waals surface area (Å²) in [5.41, 5.74) is 0.197. The van der Waals surface area contributed by atoms with E-state index in [1.165, 1.54) is 0 Å². The van der Waals surface area contributed by atoms with Crippen molar-refractivity contribution in [1.82, 2.24) is 0 Å². The summed E-state index contributed by atoms with van der Waals surface area (Å²) >= 11 is 0. The van der Waals surface area contributed by atoms with Crippen LogP contribution in [0.5, 0.6) is 0 Å². The Bertz CT molecular complexity index is 197. The number of carbonyl (C=O) groups is 1. The van der Waals surface area contributed by atoms with Crippen LogP contribution in [-0.4, -0.2) is 10.9 Å². The average molecular weight is 177 g/mol. The first kappa shape index (κ1) is 10.3. The lowest BCUT2D eigenvalue weighted by molar-refractivity contribution is -0.130. The van der Waals surface area contributed by atoms with Gasteiger partial charge in [0.2, 0.25) is 0 Å². The molecule has 0 aliphatic rings. The normalized spacial score (nSPS) is 11.1. The number of rotatable bonds is 3. The molecule has 0 heterocycles. The molecule has 0 aromatic heterocycles. The van der Waals surface area contributed by atoms with E-state index in [1.54, 1.807) is 13.8 Å². The summed E-state index contributed by atoms with van der Waals surface area (Å²) in [7, 11) is -2.86. The zero-order chi connectivity index (χ0) is 9.02. The molecule has 0 amide bonds. The maximum Gasteiger partial charge on any atom is 0.750 e. The fraction of sp³-hybridized carbons (Fsp3) is 0.500. The topological polar surface area (TPSA) is 63.6 Å². The van der Waals surface area contributed by atoms with Crippen molar-refractivity contribution in [3.63, 3.8) is 0 Å². The molecule has 0 bridgehead atoms. The molecule has 0 saturated carbocycles. The third kappa shape index (κ3) is 3.86. The molecule has 0 aromatic carbocycles. The standard InChI is InChI=1S/C6H9O4P/c1-4(2)5(3)6(7)10-11(8)9/h4H,3H2,1-2H3/p+1. The Labute approximate surface area is 65.8 Å². The summed E-state index contributed by atoms with van der Waals surface area (Å²) in [4.78, 5) is 18.9. The van der Waals surface area contributed by atoms with Gasteiger partial charge in [-0.25, -0.2) is 4.79 Å². The largest absolute Gasteiger partial charge is 0.750 e. The van der Waals surface area contributed by atoms with Crippen molar-refractivity contribution in [1.29, 1.82) is 0 Å². The first-order valence-electron chi connectivity index (χ1n) is 3.02. The van der Waals surface area contributed by atoms with Crippen molar-refractivity contribution >= 4 is 14.2 Å². The van der Waals surface area contributed by atoms with Crippen LogP contribution in [0.4, 0.5) is 0 Å². The highest BCUT2D eigenvalue weighted by atomic mass is 31.1. The molecule has 0 aliphatic heterocycles. The molecule has 4 nitrogen and oxygen atoms in total. The molecule has 1 atom stereocenters. The monoisotopic (exact) mass is 177 g/mol. The summed E-state index contributed by atoms with van der Waals surface area (Å²) in [6.45, 7) is 6.88. The van der Waals surface area contributed by atoms with Gasteiger partial charge in [0.15, 0.2) is 0 Å². The second kappa shape index (κ2) is 4.21. The highest BCUT2D eigenvalue weighted by Gasteiger charge is 2.23. The molecule has 0 fully saturated rings. The van der Waals surface area contributed by atoms with Crippen LogP contribution in [0.15, 0.2) is 12.2 Å². The van der Waals surface area contributed by atoms with Crippen molar-refractivity contribution in [3.8, 4) is 0 Å². The van der Waals surface area contributed by atoms with Crippen LogP contribution >= 0.6 is 8.25 Å². The Morgan fingerprint density at radius 2 is 2.09 bits per heavy atom. The molecule has 0 radical (unpaired) electrons. The summed E-state index contributed by atoms with van der Waals surface area (Å²) in [5.74, 6) is -0.888. The van der Waals surface area contributed by atoms with Crippen LogP contribution in [0.25, 0.3) is 0 Å². The Morgan fingerprint density at radius 1 is 1.64 bits per heavy atom. The van der Waals surface area contributed by atoms with Crippen molar-refractivity contribution in [3.05, 3.63) is 12.2 Å². The fourth-order valence-electron chi connectivity index (χ4n) is 0.365. The summed E-state index contributed by atoms with van der Waals surface area (Å²) in [6.07, 6.45) is 0. The Hall–Kier alpha value is -0.730. The van der Waals surface area contributed by atoms with Crippen molar-refractivity contribution < 1.29 is 18.8 Å². The predicted molar refractivity (Wildman–Crippen MR) is 39.9 cm³/mol. The van der Waals surface area contributed by atoms with E-state index in [1.807, 2.05) is 0 Å². The zero-order valence-electron chi connectivity index (χ0n) is 6.40. The number of hydrogen-bond acceptors (Lipinski definition) is 3. The van der Waals surface area contributed by atoms with Gasteiger partial charge in [-0.15, -0.1) is 4.89 Å². The lowest BCUT2D eigenvalue weighted by Crippen LogP contribution is -2.07. The molecule has 0 spiro atoms. The van der Waals surface area contributed by atoms with Gasteiger partial charge in [-0.2, -0.15) is 4.52 Å². The van der Waals surface area contributed by atoms with Gasteiger partial charge in [0.05, 0.1) is 0 Å². The molecule has 0 aliphatic carbocycles. The van der Waals surface area contributed by atoms with Gasteiger partial charge in [-0.05, 0) is 5.92 Å². The van der Waals surface area contributed by atoms with Crippen LogP contribution in [-0.2, 0) is 13.9 Å². The molecule has 0 rings (SSSR count). The van der Waals surface area contributed by atoms with E-state index in [0.717, 1.165) is 0 Å². The molecule has 0 saturated heterocycles. The van der Waals surface area contributed by atoms with E-state index in [2.05, 4.69) is 11.1 Å². The third-order valence-corrected chi connectivity index (χ3v) is 1.44. The SMILES string of the molecule is C=C(C(=O)O[P+](=O)O)C(C)C. The quantitative estimate of drug-likeness (QED) is 0.522. The van der Waals surface area contributed by atoms with E-state index in [0.29, 0.717) is 0 Å². The minimum atomic E-state index is -2.86. The van der Waals surface area contributed by atoms with Crippen molar-refractivity contribution in [2.45, 2.75) is 13.8 Å². The minimum Gasteiger partial charge on any atom is -0.241 e. The lowest BCUT2D eigenvalue weighted by atomic mass is 10.1. The van der Waals surface area contributed by atoms with Crippen LogP contribution < -0.4 is 0 Å². The highest BCUT2D eigenvalue weighted by Crippen LogP contribution is 2.19. The van der Waals surface area contributed by atoms with Crippen LogP contribution in [0.1, 0.15) is 13.8 Å². The van der Waals surface area contributed by atoms with Gasteiger partial charge < -0.3 is 0 Å². The first-order chi connectivity index (χ1) is 4.95. The van der Waals surface area contributed by atoms with Gasteiger partial charge in [0.25, 0.3) is 0 Å². The van der Waals surface area contributed by atoms with Crippen LogP contribution in [0.3, 0.4) is 0 Å². The predicted octanol–water partition coefficient (Wildman–Crippen LogP) is 1.39. The summed E-state index contributed by atoms with van der Waals surface area (Å²) < 4.78 is 14.0. The lowest BCUT2D eigenvalue weighted by Gasteiger charge is -2.00. The number of hydrogen-bond donors (Lipinski definition) is 1. The fourth-order valence-corrected chi connectivity index (χ4v) is 0.624. The molecule has 1 N–H and O–H groups in total. The molecule has 5 heteroatoms. The second-order valence-electron chi connectivity index (χ2n) is 2.30. The maximum absolute atomic E-state index is 10.7. The molecular formula is C6H10O4P+. The Balaban J connectivity index is 4.05. The van der Waals surface area contributed by atoms with Gasteiger partial charge in [0.1, 0.15) is 0 Å². The average Bonchev–Trinajstić information content (AvgIpc) is 1.84. The minimum absolute atomic E-state index is 0.0718. The first-order valence-corrected chi connectivity index (χ1v) is 4.15. The Kier molecular flexibility index (Phi) is 3.93. The molecular weight excluding hydrogens is 167 g/mol. The van der Waals surface area contributed by atoms with Crippen LogP contribution in [0, 0.1) is 5.92 Å². The van der Waals surface area contributed by atoms with E-state index in [9.17, 15) is 9.36 Å². The van der Waals surface area contributed by atoms with Gasteiger partial charge >= 0.3 is 14.2 Å².